The molecular formula is C13H25N3O3. The summed E-state index contributed by atoms with van der Waals surface area (Å²) >= 11 is 0. The molecule has 2 amide bonds. The highest BCUT2D eigenvalue weighted by Gasteiger charge is 2.40. The maximum absolute atomic E-state index is 12.0. The number of carboxylic acid groups (broad SMARTS) is 1. The first-order chi connectivity index (χ1) is 8.82. The van der Waals surface area contributed by atoms with E-state index in [9.17, 15) is 9.59 Å². The SMILES string of the molecule is CCC(NC(=O)N(C)CC1(N(C)C)CCC1)C(=O)O. The predicted octanol–water partition coefficient (Wildman–Crippen LogP) is 0.975. The van der Waals surface area contributed by atoms with E-state index >= 15 is 0 Å². The highest BCUT2D eigenvalue weighted by atomic mass is 16.4. The number of likely N-dealkylation sites (N-methyl/N-ethyl adjacent to an activating group) is 2. The summed E-state index contributed by atoms with van der Waals surface area (Å²) in [6.07, 6.45) is 3.72. The molecule has 19 heavy (non-hydrogen) atoms. The summed E-state index contributed by atoms with van der Waals surface area (Å²) in [7, 11) is 5.77. The number of aliphatic carboxylic acids is 1. The maximum atomic E-state index is 12.0. The molecule has 1 aliphatic carbocycles. The molecule has 0 heterocycles. The van der Waals surface area contributed by atoms with E-state index in [1.54, 1.807) is 18.9 Å². The minimum Gasteiger partial charge on any atom is -0.480 e. The fourth-order valence-electron chi connectivity index (χ4n) is 2.44. The fraction of sp³-hybridized carbons (Fsp3) is 0.846. The molecule has 0 aromatic rings. The van der Waals surface area contributed by atoms with Gasteiger partial charge >= 0.3 is 12.0 Å². The number of carboxylic acids is 1. The molecule has 1 unspecified atom stereocenters. The smallest absolute Gasteiger partial charge is 0.326 e. The summed E-state index contributed by atoms with van der Waals surface area (Å²) < 4.78 is 0. The molecule has 0 bridgehead atoms. The normalized spacial score (nSPS) is 18.6. The van der Waals surface area contributed by atoms with Crippen molar-refractivity contribution in [2.75, 3.05) is 27.7 Å². The molecule has 1 atom stereocenters. The molecule has 1 fully saturated rings. The van der Waals surface area contributed by atoms with Crippen molar-refractivity contribution < 1.29 is 14.7 Å². The minimum absolute atomic E-state index is 0.0526. The van der Waals surface area contributed by atoms with Crippen LogP contribution in [0.5, 0.6) is 0 Å². The van der Waals surface area contributed by atoms with Gasteiger partial charge in [-0.1, -0.05) is 6.92 Å². The van der Waals surface area contributed by atoms with Gasteiger partial charge in [-0.3, -0.25) is 0 Å². The molecule has 0 aromatic carbocycles. The van der Waals surface area contributed by atoms with Crippen molar-refractivity contribution >= 4 is 12.0 Å². The second kappa shape index (κ2) is 6.23. The van der Waals surface area contributed by atoms with Crippen LogP contribution in [0.2, 0.25) is 0 Å². The Kier molecular flexibility index (Phi) is 5.17. The summed E-state index contributed by atoms with van der Waals surface area (Å²) in [5.74, 6) is -0.991. The van der Waals surface area contributed by atoms with E-state index in [4.69, 9.17) is 5.11 Å². The molecule has 6 heteroatoms. The lowest BCUT2D eigenvalue weighted by molar-refractivity contribution is -0.139. The number of urea groups is 1. The minimum atomic E-state index is -0.991. The van der Waals surface area contributed by atoms with E-state index in [0.29, 0.717) is 13.0 Å². The number of rotatable bonds is 6. The molecule has 0 radical (unpaired) electrons. The van der Waals surface area contributed by atoms with Gasteiger partial charge in [0.05, 0.1) is 0 Å². The number of amides is 2. The molecule has 0 aromatic heterocycles. The molecule has 2 N–H and O–H groups in total. The zero-order valence-electron chi connectivity index (χ0n) is 12.3. The second-order valence-electron chi connectivity index (χ2n) is 5.58. The Balaban J connectivity index is 2.55. The van der Waals surface area contributed by atoms with Crippen molar-refractivity contribution in [2.45, 2.75) is 44.2 Å². The zero-order valence-corrected chi connectivity index (χ0v) is 12.3. The van der Waals surface area contributed by atoms with Gasteiger partial charge in [0, 0.05) is 19.1 Å². The van der Waals surface area contributed by atoms with Gasteiger partial charge in [0.1, 0.15) is 6.04 Å². The second-order valence-corrected chi connectivity index (χ2v) is 5.58. The molecule has 1 saturated carbocycles. The van der Waals surface area contributed by atoms with Gasteiger partial charge < -0.3 is 20.2 Å². The van der Waals surface area contributed by atoms with E-state index in [1.165, 1.54) is 6.42 Å². The number of hydrogen-bond donors (Lipinski definition) is 2. The van der Waals surface area contributed by atoms with Crippen molar-refractivity contribution in [3.05, 3.63) is 0 Å². The predicted molar refractivity (Wildman–Crippen MR) is 73.1 cm³/mol. The molecule has 1 aliphatic rings. The lowest BCUT2D eigenvalue weighted by atomic mass is 9.75. The standard InChI is InChI=1S/C13H25N3O3/c1-5-10(11(17)18)14-12(19)16(4)9-13(15(2)3)7-6-8-13/h10H,5-9H2,1-4H3,(H,14,19)(H,17,18). The lowest BCUT2D eigenvalue weighted by Crippen LogP contribution is -2.59. The average Bonchev–Trinajstić information content (AvgIpc) is 2.28. The van der Waals surface area contributed by atoms with Gasteiger partial charge in [-0.2, -0.15) is 0 Å². The van der Waals surface area contributed by atoms with Crippen molar-refractivity contribution in [1.82, 2.24) is 15.1 Å². The Morgan fingerprint density at radius 1 is 1.32 bits per heavy atom. The van der Waals surface area contributed by atoms with Gasteiger partial charge in [0.2, 0.25) is 0 Å². The third-order valence-corrected chi connectivity index (χ3v) is 4.12. The van der Waals surface area contributed by atoms with Crippen LogP contribution in [0.25, 0.3) is 0 Å². The summed E-state index contributed by atoms with van der Waals surface area (Å²) in [4.78, 5) is 26.6. The van der Waals surface area contributed by atoms with Crippen LogP contribution in [0, 0.1) is 0 Å². The fourth-order valence-corrected chi connectivity index (χ4v) is 2.44. The van der Waals surface area contributed by atoms with Crippen LogP contribution >= 0.6 is 0 Å². The van der Waals surface area contributed by atoms with Crippen LogP contribution in [-0.4, -0.2) is 66.2 Å². The summed E-state index contributed by atoms with van der Waals surface area (Å²) in [5.41, 5.74) is 0.0526. The Labute approximate surface area is 114 Å². The van der Waals surface area contributed by atoms with E-state index < -0.39 is 12.0 Å². The highest BCUT2D eigenvalue weighted by Crippen LogP contribution is 2.36. The Bertz CT molecular complexity index is 340. The van der Waals surface area contributed by atoms with Gasteiger partial charge in [0.15, 0.2) is 0 Å². The first kappa shape index (κ1) is 15.8. The average molecular weight is 271 g/mol. The van der Waals surface area contributed by atoms with Crippen molar-refractivity contribution in [3.8, 4) is 0 Å². The first-order valence-electron chi connectivity index (χ1n) is 6.74. The summed E-state index contributed by atoms with van der Waals surface area (Å²) in [6.45, 7) is 2.37. The molecule has 0 spiro atoms. The zero-order chi connectivity index (χ0) is 14.6. The van der Waals surface area contributed by atoms with Crippen LogP contribution in [-0.2, 0) is 4.79 Å². The summed E-state index contributed by atoms with van der Waals surface area (Å²) in [5, 5.41) is 11.5. The highest BCUT2D eigenvalue weighted by molar-refractivity contribution is 5.82. The third kappa shape index (κ3) is 3.59. The number of carbonyl (C=O) groups excluding carboxylic acids is 1. The maximum Gasteiger partial charge on any atom is 0.326 e. The van der Waals surface area contributed by atoms with Crippen LogP contribution in [0.3, 0.4) is 0 Å². The molecule has 0 aliphatic heterocycles. The van der Waals surface area contributed by atoms with Crippen molar-refractivity contribution in [3.63, 3.8) is 0 Å². The van der Waals surface area contributed by atoms with E-state index in [2.05, 4.69) is 10.2 Å². The lowest BCUT2D eigenvalue weighted by Gasteiger charge is -2.49. The third-order valence-electron chi connectivity index (χ3n) is 4.12. The van der Waals surface area contributed by atoms with Crippen molar-refractivity contribution in [1.29, 1.82) is 0 Å². The number of nitrogens with one attached hydrogen (secondary N) is 1. The summed E-state index contributed by atoms with van der Waals surface area (Å²) in [6, 6.07) is -1.13. The topological polar surface area (TPSA) is 72.9 Å². The molecular weight excluding hydrogens is 246 g/mol. The van der Waals surface area contributed by atoms with Gasteiger partial charge in [-0.05, 0) is 39.8 Å². The van der Waals surface area contributed by atoms with E-state index in [0.717, 1.165) is 12.8 Å². The van der Waals surface area contributed by atoms with Gasteiger partial charge in [-0.15, -0.1) is 0 Å². The number of nitrogens with zero attached hydrogens (tertiary/aromatic N) is 2. The quantitative estimate of drug-likeness (QED) is 0.755. The molecule has 110 valence electrons. The van der Waals surface area contributed by atoms with Crippen LogP contribution in [0.4, 0.5) is 4.79 Å². The molecule has 6 nitrogen and oxygen atoms in total. The molecule has 1 rings (SSSR count). The van der Waals surface area contributed by atoms with Crippen LogP contribution in [0.15, 0.2) is 0 Å². The molecule has 0 saturated heterocycles. The number of carbonyl (C=O) groups is 2. The Hall–Kier alpha value is -1.30. The van der Waals surface area contributed by atoms with Crippen LogP contribution < -0.4 is 5.32 Å². The first-order valence-corrected chi connectivity index (χ1v) is 6.74. The Morgan fingerprint density at radius 3 is 2.21 bits per heavy atom. The number of hydrogen-bond acceptors (Lipinski definition) is 3. The van der Waals surface area contributed by atoms with Gasteiger partial charge in [-0.25, -0.2) is 9.59 Å². The van der Waals surface area contributed by atoms with E-state index in [-0.39, 0.29) is 11.6 Å². The Morgan fingerprint density at radius 2 is 1.89 bits per heavy atom. The van der Waals surface area contributed by atoms with Gasteiger partial charge in [0.25, 0.3) is 0 Å². The monoisotopic (exact) mass is 271 g/mol. The van der Waals surface area contributed by atoms with Crippen LogP contribution in [0.1, 0.15) is 32.6 Å². The van der Waals surface area contributed by atoms with Crippen molar-refractivity contribution in [2.24, 2.45) is 0 Å². The van der Waals surface area contributed by atoms with E-state index in [1.807, 2.05) is 14.1 Å². The largest absolute Gasteiger partial charge is 0.480 e.